The number of nitrogens with zero attached hydrogens (tertiary/aromatic N) is 2. The topological polar surface area (TPSA) is 53.1 Å². The molecule has 0 radical (unpaired) electrons. The molecule has 0 spiro atoms. The van der Waals surface area contributed by atoms with Crippen LogP contribution in [0.2, 0.25) is 0 Å². The summed E-state index contributed by atoms with van der Waals surface area (Å²) >= 11 is 0. The zero-order valence-electron chi connectivity index (χ0n) is 13.2. The largest absolute Gasteiger partial charge is 0.497 e. The van der Waals surface area contributed by atoms with Gasteiger partial charge in [0.2, 0.25) is 0 Å². The van der Waals surface area contributed by atoms with E-state index >= 15 is 0 Å². The molecule has 1 aromatic heterocycles. The van der Waals surface area contributed by atoms with Crippen LogP contribution in [0.5, 0.6) is 5.75 Å². The normalized spacial score (nSPS) is 15.6. The molecule has 21 heavy (non-hydrogen) atoms. The number of ether oxygens (including phenoxy) is 1. The second-order valence-corrected chi connectivity index (χ2v) is 6.08. The van der Waals surface area contributed by atoms with Gasteiger partial charge in [-0.2, -0.15) is 0 Å². The Morgan fingerprint density at radius 3 is 2.57 bits per heavy atom. The molecule has 2 N–H and O–H groups in total. The highest BCUT2D eigenvalue weighted by molar-refractivity contribution is 5.78. The Bertz CT molecular complexity index is 631. The van der Waals surface area contributed by atoms with Gasteiger partial charge in [-0.3, -0.25) is 0 Å². The zero-order valence-corrected chi connectivity index (χ0v) is 13.2. The molecule has 0 bridgehead atoms. The summed E-state index contributed by atoms with van der Waals surface area (Å²) < 4.78 is 7.78. The molecule has 0 saturated heterocycles. The van der Waals surface area contributed by atoms with Crippen molar-refractivity contribution in [3.63, 3.8) is 0 Å². The summed E-state index contributed by atoms with van der Waals surface area (Å²) in [6.07, 6.45) is 4.54. The average molecular weight is 287 g/mol. The Labute approximate surface area is 126 Å². The van der Waals surface area contributed by atoms with Crippen molar-refractivity contribution < 1.29 is 4.74 Å². The molecule has 1 saturated carbocycles. The van der Waals surface area contributed by atoms with Crippen LogP contribution in [-0.4, -0.2) is 23.2 Å². The fraction of sp³-hybridized carbons (Fsp3) is 0.588. The highest BCUT2D eigenvalue weighted by atomic mass is 16.5. The third kappa shape index (κ3) is 2.22. The van der Waals surface area contributed by atoms with E-state index in [4.69, 9.17) is 15.5 Å². The minimum absolute atomic E-state index is 0.0190. The molecule has 1 fully saturated rings. The van der Waals surface area contributed by atoms with Crippen molar-refractivity contribution in [1.82, 2.24) is 9.55 Å². The van der Waals surface area contributed by atoms with E-state index in [0.717, 1.165) is 24.1 Å². The first-order valence-corrected chi connectivity index (χ1v) is 7.95. The summed E-state index contributed by atoms with van der Waals surface area (Å²) in [5, 5.41) is 0. The number of rotatable bonds is 6. The third-order valence-electron chi connectivity index (χ3n) is 5.03. The van der Waals surface area contributed by atoms with Crippen LogP contribution in [0, 0.1) is 0 Å². The molecule has 1 aliphatic rings. The van der Waals surface area contributed by atoms with E-state index in [1.165, 1.54) is 24.2 Å². The molecule has 114 valence electrons. The first kappa shape index (κ1) is 14.4. The third-order valence-corrected chi connectivity index (χ3v) is 5.03. The maximum absolute atomic E-state index is 6.15. The standard InChI is InChI=1S/C17H25N3O/c1-4-17(5-2,11-18)16-19-14-10-13(21-3)8-9-15(14)20(16)12-6-7-12/h8-10,12H,4-7,11,18H2,1-3H3. The Morgan fingerprint density at radius 2 is 2.05 bits per heavy atom. The van der Waals surface area contributed by atoms with E-state index in [-0.39, 0.29) is 5.41 Å². The van der Waals surface area contributed by atoms with Crippen LogP contribution in [-0.2, 0) is 5.41 Å². The van der Waals surface area contributed by atoms with Crippen LogP contribution in [0.15, 0.2) is 18.2 Å². The number of fused-ring (bicyclic) bond motifs is 1. The summed E-state index contributed by atoms with van der Waals surface area (Å²) in [7, 11) is 1.70. The first-order chi connectivity index (χ1) is 10.2. The van der Waals surface area contributed by atoms with Gasteiger partial charge in [-0.05, 0) is 37.8 Å². The van der Waals surface area contributed by atoms with Gasteiger partial charge in [0.15, 0.2) is 0 Å². The van der Waals surface area contributed by atoms with Crippen molar-refractivity contribution in [2.24, 2.45) is 5.73 Å². The molecule has 0 unspecified atom stereocenters. The summed E-state index contributed by atoms with van der Waals surface area (Å²) in [6, 6.07) is 6.79. The maximum atomic E-state index is 6.15. The van der Waals surface area contributed by atoms with Gasteiger partial charge in [0, 0.05) is 24.1 Å². The summed E-state index contributed by atoms with van der Waals surface area (Å²) in [5.74, 6) is 2.03. The Morgan fingerprint density at radius 1 is 1.33 bits per heavy atom. The second kappa shape index (κ2) is 5.34. The second-order valence-electron chi connectivity index (χ2n) is 6.08. The van der Waals surface area contributed by atoms with Crippen molar-refractivity contribution in [2.45, 2.75) is 51.0 Å². The number of benzene rings is 1. The smallest absolute Gasteiger partial charge is 0.121 e. The molecule has 0 aliphatic heterocycles. The Kier molecular flexibility index (Phi) is 3.66. The zero-order chi connectivity index (χ0) is 15.0. The van der Waals surface area contributed by atoms with Crippen LogP contribution >= 0.6 is 0 Å². The van der Waals surface area contributed by atoms with Crippen LogP contribution in [0.3, 0.4) is 0 Å². The SMILES string of the molecule is CCC(CC)(CN)c1nc2cc(OC)ccc2n1C1CC1. The maximum Gasteiger partial charge on any atom is 0.121 e. The molecular weight excluding hydrogens is 262 g/mol. The molecule has 2 aromatic rings. The Balaban J connectivity index is 2.23. The number of imidazole rings is 1. The average Bonchev–Trinajstić information content (AvgIpc) is 3.29. The van der Waals surface area contributed by atoms with Gasteiger partial charge >= 0.3 is 0 Å². The predicted octanol–water partition coefficient (Wildman–Crippen LogP) is 3.40. The van der Waals surface area contributed by atoms with Crippen molar-refractivity contribution >= 4 is 11.0 Å². The summed E-state index contributed by atoms with van der Waals surface area (Å²) in [5.41, 5.74) is 8.37. The molecule has 0 atom stereocenters. The minimum Gasteiger partial charge on any atom is -0.497 e. The molecule has 1 aromatic carbocycles. The van der Waals surface area contributed by atoms with E-state index < -0.39 is 0 Å². The molecular formula is C17H25N3O. The molecule has 4 nitrogen and oxygen atoms in total. The van der Waals surface area contributed by atoms with Crippen LogP contribution < -0.4 is 10.5 Å². The highest BCUT2D eigenvalue weighted by Crippen LogP contribution is 2.43. The lowest BCUT2D eigenvalue weighted by atomic mass is 9.81. The van der Waals surface area contributed by atoms with Gasteiger partial charge in [-0.15, -0.1) is 0 Å². The predicted molar refractivity (Wildman–Crippen MR) is 85.9 cm³/mol. The number of methoxy groups -OCH3 is 1. The lowest BCUT2D eigenvalue weighted by Gasteiger charge is -2.30. The van der Waals surface area contributed by atoms with Crippen LogP contribution in [0.1, 0.15) is 51.4 Å². The van der Waals surface area contributed by atoms with Crippen LogP contribution in [0.4, 0.5) is 0 Å². The van der Waals surface area contributed by atoms with Crippen molar-refractivity contribution in [2.75, 3.05) is 13.7 Å². The van der Waals surface area contributed by atoms with Crippen molar-refractivity contribution in [3.8, 4) is 5.75 Å². The van der Waals surface area contributed by atoms with Gasteiger partial charge in [0.25, 0.3) is 0 Å². The van der Waals surface area contributed by atoms with Crippen molar-refractivity contribution in [3.05, 3.63) is 24.0 Å². The van der Waals surface area contributed by atoms with E-state index in [0.29, 0.717) is 12.6 Å². The molecule has 3 rings (SSSR count). The first-order valence-electron chi connectivity index (χ1n) is 7.95. The summed E-state index contributed by atoms with van der Waals surface area (Å²) in [4.78, 5) is 4.97. The molecule has 0 amide bonds. The van der Waals surface area contributed by atoms with Gasteiger partial charge < -0.3 is 15.0 Å². The highest BCUT2D eigenvalue weighted by Gasteiger charge is 2.37. The van der Waals surface area contributed by atoms with Gasteiger partial charge in [0.05, 0.1) is 18.1 Å². The van der Waals surface area contributed by atoms with Gasteiger partial charge in [0.1, 0.15) is 11.6 Å². The summed E-state index contributed by atoms with van der Waals surface area (Å²) in [6.45, 7) is 5.08. The number of hydrogen-bond acceptors (Lipinski definition) is 3. The molecule has 4 heteroatoms. The Hall–Kier alpha value is -1.55. The molecule has 1 heterocycles. The van der Waals surface area contributed by atoms with Crippen LogP contribution in [0.25, 0.3) is 11.0 Å². The van der Waals surface area contributed by atoms with E-state index in [1.54, 1.807) is 7.11 Å². The van der Waals surface area contributed by atoms with E-state index in [9.17, 15) is 0 Å². The lowest BCUT2D eigenvalue weighted by Crippen LogP contribution is -2.36. The lowest BCUT2D eigenvalue weighted by molar-refractivity contribution is 0.368. The number of hydrogen-bond donors (Lipinski definition) is 1. The minimum atomic E-state index is -0.0190. The van der Waals surface area contributed by atoms with E-state index in [1.807, 2.05) is 12.1 Å². The van der Waals surface area contributed by atoms with Crippen molar-refractivity contribution in [1.29, 1.82) is 0 Å². The van der Waals surface area contributed by atoms with Gasteiger partial charge in [-0.1, -0.05) is 13.8 Å². The van der Waals surface area contributed by atoms with Gasteiger partial charge in [-0.25, -0.2) is 4.98 Å². The fourth-order valence-corrected chi connectivity index (χ4v) is 3.23. The fourth-order valence-electron chi connectivity index (χ4n) is 3.23. The number of nitrogens with two attached hydrogens (primary N) is 1. The quantitative estimate of drug-likeness (QED) is 0.886. The van der Waals surface area contributed by atoms with E-state index in [2.05, 4.69) is 24.5 Å². The molecule has 1 aliphatic carbocycles. The monoisotopic (exact) mass is 287 g/mol. The number of aromatic nitrogens is 2.